The molecule has 7 heteroatoms. The zero-order valence-electron chi connectivity index (χ0n) is 28.7. The van der Waals surface area contributed by atoms with Crippen molar-refractivity contribution in [2.75, 3.05) is 26.2 Å². The minimum absolute atomic E-state index is 0.0160. The number of aldehydes is 1. The number of rotatable bonds is 17. The number of nitrogens with one attached hydrogen (secondary N) is 1. The van der Waals surface area contributed by atoms with Gasteiger partial charge in [-0.2, -0.15) is 0 Å². The zero-order chi connectivity index (χ0) is 35.5. The van der Waals surface area contributed by atoms with E-state index < -0.39 is 17.6 Å². The molecule has 0 bridgehead atoms. The molecule has 0 aliphatic heterocycles. The molecule has 2 N–H and O–H groups in total. The maximum Gasteiger partial charge on any atom is 0.407 e. The standard InChI is InChI=1S/C44H44N2O5/c47-31-33-23-25-36(26-24-33)44(34-15-5-3-6-16-34,35-17-7-4-8-18-35)46(30-27-42(48)49)29-14-2-1-13-28-45-43(50)51-32-41-39-21-11-9-19-37(39)38-20-10-12-22-40(38)41/h3-12,15-26,31,41H,1-2,13-14,27-30,32H2,(H,45,50)(H,48,49). The summed E-state index contributed by atoms with van der Waals surface area (Å²) in [5, 5.41) is 12.7. The van der Waals surface area contributed by atoms with E-state index >= 15 is 0 Å². The summed E-state index contributed by atoms with van der Waals surface area (Å²) in [4.78, 5) is 38.5. The molecule has 7 nitrogen and oxygen atoms in total. The van der Waals surface area contributed by atoms with E-state index in [1.165, 1.54) is 22.3 Å². The topological polar surface area (TPSA) is 95.9 Å². The number of nitrogens with zero attached hydrogens (tertiary/aromatic N) is 1. The number of alkyl carbamates (subject to hydrolysis) is 1. The van der Waals surface area contributed by atoms with Gasteiger partial charge in [-0.15, -0.1) is 0 Å². The number of hydrogen-bond donors (Lipinski definition) is 2. The van der Waals surface area contributed by atoms with Crippen molar-refractivity contribution in [2.45, 2.75) is 43.6 Å². The first kappa shape index (κ1) is 35.3. The molecule has 1 aliphatic carbocycles. The van der Waals surface area contributed by atoms with Crippen LogP contribution in [0, 0.1) is 0 Å². The Balaban J connectivity index is 1.09. The second kappa shape index (κ2) is 16.9. The Morgan fingerprint density at radius 1 is 0.667 bits per heavy atom. The van der Waals surface area contributed by atoms with Crippen LogP contribution in [0.5, 0.6) is 0 Å². The molecule has 0 atom stereocenters. The third-order valence-corrected chi connectivity index (χ3v) is 9.89. The SMILES string of the molecule is O=Cc1ccc(C(c2ccccc2)(c2ccccc2)N(CCCCCCNC(=O)OCC2c3ccccc3-c3ccccc32)CCC(=O)O)cc1. The molecule has 0 saturated carbocycles. The minimum Gasteiger partial charge on any atom is -0.481 e. The number of hydrogen-bond acceptors (Lipinski definition) is 5. The predicted molar refractivity (Wildman–Crippen MR) is 200 cm³/mol. The van der Waals surface area contributed by atoms with Crippen molar-refractivity contribution >= 4 is 18.3 Å². The van der Waals surface area contributed by atoms with Crippen molar-refractivity contribution in [2.24, 2.45) is 0 Å². The van der Waals surface area contributed by atoms with E-state index in [1.54, 1.807) is 0 Å². The second-order valence-electron chi connectivity index (χ2n) is 13.0. The monoisotopic (exact) mass is 680 g/mol. The van der Waals surface area contributed by atoms with Gasteiger partial charge in [-0.3, -0.25) is 14.5 Å². The van der Waals surface area contributed by atoms with Gasteiger partial charge in [-0.05, 0) is 58.3 Å². The summed E-state index contributed by atoms with van der Waals surface area (Å²) in [6.07, 6.45) is 3.84. The molecule has 0 aromatic heterocycles. The summed E-state index contributed by atoms with van der Waals surface area (Å²) < 4.78 is 5.70. The van der Waals surface area contributed by atoms with E-state index in [1.807, 2.05) is 84.9 Å². The van der Waals surface area contributed by atoms with Crippen LogP contribution in [0.2, 0.25) is 0 Å². The van der Waals surface area contributed by atoms with Gasteiger partial charge in [0, 0.05) is 24.6 Å². The summed E-state index contributed by atoms with van der Waals surface area (Å²) in [7, 11) is 0. The number of carboxylic acid groups (broad SMARTS) is 1. The Bertz CT molecular complexity index is 1820. The maximum absolute atomic E-state index is 12.7. The van der Waals surface area contributed by atoms with Crippen LogP contribution in [-0.2, 0) is 15.1 Å². The molecule has 5 aromatic rings. The number of aliphatic carboxylic acids is 1. The molecule has 0 heterocycles. The molecule has 0 saturated heterocycles. The molecule has 260 valence electrons. The van der Waals surface area contributed by atoms with E-state index in [4.69, 9.17) is 4.74 Å². The van der Waals surface area contributed by atoms with Crippen molar-refractivity contribution in [1.29, 1.82) is 0 Å². The molecule has 51 heavy (non-hydrogen) atoms. The lowest BCUT2D eigenvalue weighted by molar-refractivity contribution is -0.137. The minimum atomic E-state index is -0.856. The van der Waals surface area contributed by atoms with Crippen molar-refractivity contribution in [3.8, 4) is 11.1 Å². The third kappa shape index (κ3) is 7.95. The van der Waals surface area contributed by atoms with E-state index in [0.29, 0.717) is 25.2 Å². The van der Waals surface area contributed by atoms with Gasteiger partial charge in [0.2, 0.25) is 0 Å². The quantitative estimate of drug-likeness (QED) is 0.0580. The van der Waals surface area contributed by atoms with E-state index in [9.17, 15) is 19.5 Å². The Morgan fingerprint density at radius 2 is 1.20 bits per heavy atom. The highest BCUT2D eigenvalue weighted by atomic mass is 16.5. The first-order chi connectivity index (χ1) is 25.0. The first-order valence-electron chi connectivity index (χ1n) is 17.7. The van der Waals surface area contributed by atoms with E-state index in [-0.39, 0.29) is 18.9 Å². The number of carbonyl (C=O) groups is 3. The molecule has 0 fully saturated rings. The Labute approximate surface area is 299 Å². The Hall–Kier alpha value is -5.53. The average molecular weight is 681 g/mol. The lowest BCUT2D eigenvalue weighted by atomic mass is 9.75. The molecular formula is C44H44N2O5. The number of unbranched alkanes of at least 4 members (excludes halogenated alkanes) is 3. The Kier molecular flexibility index (Phi) is 11.7. The predicted octanol–water partition coefficient (Wildman–Crippen LogP) is 8.67. The maximum atomic E-state index is 12.7. The fourth-order valence-corrected chi connectivity index (χ4v) is 7.51. The first-order valence-corrected chi connectivity index (χ1v) is 17.7. The highest BCUT2D eigenvalue weighted by Gasteiger charge is 2.42. The van der Waals surface area contributed by atoms with E-state index in [2.05, 4.69) is 58.7 Å². The third-order valence-electron chi connectivity index (χ3n) is 9.89. The Morgan fingerprint density at radius 3 is 1.76 bits per heavy atom. The summed E-state index contributed by atoms with van der Waals surface area (Å²) in [5.74, 6) is -0.834. The summed E-state index contributed by atoms with van der Waals surface area (Å²) in [6.45, 7) is 1.78. The fourth-order valence-electron chi connectivity index (χ4n) is 7.51. The van der Waals surface area contributed by atoms with Crippen LogP contribution >= 0.6 is 0 Å². The lowest BCUT2D eigenvalue weighted by Gasteiger charge is -2.46. The van der Waals surface area contributed by atoms with Gasteiger partial charge in [-0.1, -0.05) is 146 Å². The average Bonchev–Trinajstić information content (AvgIpc) is 3.50. The highest BCUT2D eigenvalue weighted by molar-refractivity contribution is 5.79. The molecule has 5 aromatic carbocycles. The normalized spacial score (nSPS) is 12.3. The van der Waals surface area contributed by atoms with Gasteiger partial charge in [-0.25, -0.2) is 4.79 Å². The molecule has 0 unspecified atom stereocenters. The van der Waals surface area contributed by atoms with Crippen LogP contribution in [-0.4, -0.2) is 54.6 Å². The number of amides is 1. The molecule has 1 amide bonds. The van der Waals surface area contributed by atoms with Crippen LogP contribution in [0.3, 0.4) is 0 Å². The van der Waals surface area contributed by atoms with Crippen LogP contribution < -0.4 is 5.32 Å². The number of benzene rings is 5. The molecule has 6 rings (SSSR count). The smallest absolute Gasteiger partial charge is 0.407 e. The van der Waals surface area contributed by atoms with Gasteiger partial charge in [0.1, 0.15) is 12.9 Å². The highest BCUT2D eigenvalue weighted by Crippen LogP contribution is 2.45. The zero-order valence-corrected chi connectivity index (χ0v) is 28.7. The van der Waals surface area contributed by atoms with Crippen LogP contribution in [0.1, 0.15) is 76.2 Å². The summed E-state index contributed by atoms with van der Waals surface area (Å²) >= 11 is 0. The number of ether oxygens (including phenoxy) is 1. The summed E-state index contributed by atoms with van der Waals surface area (Å²) in [6, 6.07) is 44.5. The number of carboxylic acids is 1. The van der Waals surface area contributed by atoms with Gasteiger partial charge >= 0.3 is 12.1 Å². The van der Waals surface area contributed by atoms with Gasteiger partial charge in [0.15, 0.2) is 0 Å². The van der Waals surface area contributed by atoms with Gasteiger partial charge < -0.3 is 15.2 Å². The van der Waals surface area contributed by atoms with Gasteiger partial charge in [0.25, 0.3) is 0 Å². The number of fused-ring (bicyclic) bond motifs is 3. The molecule has 0 radical (unpaired) electrons. The van der Waals surface area contributed by atoms with Crippen molar-refractivity contribution in [3.05, 3.63) is 167 Å². The van der Waals surface area contributed by atoms with Crippen LogP contribution in [0.4, 0.5) is 4.79 Å². The molecular weight excluding hydrogens is 636 g/mol. The fraction of sp³-hybridized carbons (Fsp3) is 0.250. The molecule has 0 spiro atoms. The summed E-state index contributed by atoms with van der Waals surface area (Å²) in [5.41, 5.74) is 7.57. The van der Waals surface area contributed by atoms with Crippen LogP contribution in [0.15, 0.2) is 133 Å². The van der Waals surface area contributed by atoms with Crippen LogP contribution in [0.25, 0.3) is 11.1 Å². The van der Waals surface area contributed by atoms with Crippen molar-refractivity contribution < 1.29 is 24.2 Å². The second-order valence-corrected chi connectivity index (χ2v) is 13.0. The number of carbonyl (C=O) groups excluding carboxylic acids is 2. The van der Waals surface area contributed by atoms with Gasteiger partial charge in [0.05, 0.1) is 12.0 Å². The molecule has 1 aliphatic rings. The largest absolute Gasteiger partial charge is 0.481 e. The lowest BCUT2D eigenvalue weighted by Crippen LogP contribution is -2.49. The van der Waals surface area contributed by atoms with Crippen molar-refractivity contribution in [1.82, 2.24) is 10.2 Å². The van der Waals surface area contributed by atoms with Crippen molar-refractivity contribution in [3.63, 3.8) is 0 Å². The van der Waals surface area contributed by atoms with E-state index in [0.717, 1.165) is 48.7 Å².